The Bertz CT molecular complexity index is 385. The molecule has 1 saturated carbocycles. The lowest BCUT2D eigenvalue weighted by atomic mass is 9.90. The number of halogens is 1. The zero-order valence-corrected chi connectivity index (χ0v) is 9.37. The first-order valence-corrected chi connectivity index (χ1v) is 5.73. The van der Waals surface area contributed by atoms with Gasteiger partial charge < -0.3 is 5.32 Å². The fraction of sp³-hybridized carbons (Fsp3) is 0.462. The average Bonchev–Trinajstić information content (AvgIpc) is 2.27. The van der Waals surface area contributed by atoms with Gasteiger partial charge in [0.1, 0.15) is 6.17 Å². The van der Waals surface area contributed by atoms with Crippen molar-refractivity contribution in [1.82, 2.24) is 5.32 Å². The van der Waals surface area contributed by atoms with Crippen molar-refractivity contribution in [2.24, 2.45) is 0 Å². The van der Waals surface area contributed by atoms with Gasteiger partial charge in [0.05, 0.1) is 0 Å². The van der Waals surface area contributed by atoms with Gasteiger partial charge in [-0.2, -0.15) is 0 Å². The molecule has 0 saturated heterocycles. The largest absolute Gasteiger partial charge is 0.349 e. The number of nitrogens with one attached hydrogen (secondary N) is 1. The summed E-state index contributed by atoms with van der Waals surface area (Å²) in [6.07, 6.45) is 1.10. The molecule has 0 aromatic heterocycles. The summed E-state index contributed by atoms with van der Waals surface area (Å²) < 4.78 is 12.6. The highest BCUT2D eigenvalue weighted by Gasteiger charge is 2.30. The highest BCUT2D eigenvalue weighted by Crippen LogP contribution is 2.23. The number of amides is 1. The molecule has 0 atom stereocenters. The van der Waals surface area contributed by atoms with Gasteiger partial charge in [-0.15, -0.1) is 0 Å². The number of benzene rings is 1. The molecule has 1 aliphatic rings. The molecule has 1 fully saturated rings. The van der Waals surface area contributed by atoms with Crippen LogP contribution in [0.3, 0.4) is 0 Å². The summed E-state index contributed by atoms with van der Waals surface area (Å²) in [5.41, 5.74) is 1.81. The van der Waals surface area contributed by atoms with Crippen LogP contribution in [-0.2, 0) is 6.42 Å². The number of rotatable bonds is 3. The molecular weight excluding hydrogens is 205 g/mol. The van der Waals surface area contributed by atoms with Crippen LogP contribution in [0, 0.1) is 0 Å². The van der Waals surface area contributed by atoms with Crippen molar-refractivity contribution < 1.29 is 9.18 Å². The third kappa shape index (κ3) is 2.40. The Morgan fingerprint density at radius 1 is 1.50 bits per heavy atom. The molecule has 0 radical (unpaired) electrons. The summed E-state index contributed by atoms with van der Waals surface area (Å²) in [5.74, 6) is -0.0906. The van der Waals surface area contributed by atoms with Crippen molar-refractivity contribution in [3.63, 3.8) is 0 Å². The molecular formula is C13H16FNO. The van der Waals surface area contributed by atoms with E-state index >= 15 is 0 Å². The van der Waals surface area contributed by atoms with E-state index in [0.717, 1.165) is 12.0 Å². The van der Waals surface area contributed by atoms with Gasteiger partial charge in [-0.3, -0.25) is 4.79 Å². The lowest BCUT2D eigenvalue weighted by Crippen LogP contribution is -2.45. The van der Waals surface area contributed by atoms with Crippen LogP contribution in [0.25, 0.3) is 0 Å². The monoisotopic (exact) mass is 221 g/mol. The number of aryl methyl sites for hydroxylation is 1. The van der Waals surface area contributed by atoms with Crippen LogP contribution in [0.1, 0.15) is 35.7 Å². The Kier molecular flexibility index (Phi) is 3.22. The first-order valence-electron chi connectivity index (χ1n) is 5.73. The van der Waals surface area contributed by atoms with Gasteiger partial charge in [-0.05, 0) is 37.0 Å². The topological polar surface area (TPSA) is 29.1 Å². The Morgan fingerprint density at radius 3 is 2.88 bits per heavy atom. The predicted octanol–water partition coefficient (Wildman–Crippen LogP) is 2.48. The third-order valence-electron chi connectivity index (χ3n) is 3.01. The molecule has 1 N–H and O–H groups in total. The van der Waals surface area contributed by atoms with E-state index in [-0.39, 0.29) is 11.9 Å². The summed E-state index contributed by atoms with van der Waals surface area (Å²) >= 11 is 0. The van der Waals surface area contributed by atoms with Crippen LogP contribution in [-0.4, -0.2) is 18.1 Å². The molecule has 1 aromatic rings. The Labute approximate surface area is 94.9 Å². The van der Waals surface area contributed by atoms with Crippen LogP contribution in [0.15, 0.2) is 24.3 Å². The summed E-state index contributed by atoms with van der Waals surface area (Å²) in [7, 11) is 0. The van der Waals surface area contributed by atoms with Gasteiger partial charge in [0, 0.05) is 11.6 Å². The SMILES string of the molecule is CCc1cccc(C(=O)NC2CC(F)C2)c1. The van der Waals surface area contributed by atoms with Gasteiger partial charge in [-0.25, -0.2) is 4.39 Å². The minimum atomic E-state index is -0.729. The maximum Gasteiger partial charge on any atom is 0.251 e. The van der Waals surface area contributed by atoms with Gasteiger partial charge in [0.2, 0.25) is 0 Å². The first kappa shape index (κ1) is 11.1. The van der Waals surface area contributed by atoms with Gasteiger partial charge in [0.15, 0.2) is 0 Å². The number of hydrogen-bond donors (Lipinski definition) is 1. The fourth-order valence-electron chi connectivity index (χ4n) is 1.87. The van der Waals surface area contributed by atoms with E-state index in [1.807, 2.05) is 18.2 Å². The number of carbonyl (C=O) groups excluding carboxylic acids is 1. The molecule has 2 rings (SSSR count). The van der Waals surface area contributed by atoms with Gasteiger partial charge >= 0.3 is 0 Å². The zero-order chi connectivity index (χ0) is 11.5. The molecule has 0 bridgehead atoms. The van der Waals surface area contributed by atoms with Gasteiger partial charge in [0.25, 0.3) is 5.91 Å². The van der Waals surface area contributed by atoms with E-state index in [0.29, 0.717) is 18.4 Å². The third-order valence-corrected chi connectivity index (χ3v) is 3.01. The highest BCUT2D eigenvalue weighted by atomic mass is 19.1. The van der Waals surface area contributed by atoms with Crippen LogP contribution in [0.5, 0.6) is 0 Å². The molecule has 16 heavy (non-hydrogen) atoms. The normalized spacial score (nSPS) is 23.6. The Balaban J connectivity index is 1.97. The second-order valence-electron chi connectivity index (χ2n) is 4.29. The number of alkyl halides is 1. The molecule has 3 heteroatoms. The molecule has 1 aliphatic carbocycles. The molecule has 0 spiro atoms. The predicted molar refractivity (Wildman–Crippen MR) is 61.2 cm³/mol. The molecule has 1 aromatic carbocycles. The van der Waals surface area contributed by atoms with E-state index in [2.05, 4.69) is 12.2 Å². The summed E-state index contributed by atoms with van der Waals surface area (Å²) in [6, 6.07) is 7.58. The Morgan fingerprint density at radius 2 is 2.25 bits per heavy atom. The molecule has 2 nitrogen and oxygen atoms in total. The zero-order valence-electron chi connectivity index (χ0n) is 9.37. The lowest BCUT2D eigenvalue weighted by molar-refractivity contribution is 0.0860. The van der Waals surface area contributed by atoms with Crippen LogP contribution >= 0.6 is 0 Å². The second kappa shape index (κ2) is 4.64. The van der Waals surface area contributed by atoms with Crippen molar-refractivity contribution in [2.75, 3.05) is 0 Å². The van der Waals surface area contributed by atoms with E-state index in [1.165, 1.54) is 0 Å². The van der Waals surface area contributed by atoms with Crippen molar-refractivity contribution in [3.8, 4) is 0 Å². The Hall–Kier alpha value is -1.38. The van der Waals surface area contributed by atoms with E-state index in [4.69, 9.17) is 0 Å². The minimum Gasteiger partial charge on any atom is -0.349 e. The molecule has 86 valence electrons. The summed E-state index contributed by atoms with van der Waals surface area (Å²) in [5, 5.41) is 2.84. The quantitative estimate of drug-likeness (QED) is 0.834. The summed E-state index contributed by atoms with van der Waals surface area (Å²) in [4.78, 5) is 11.8. The van der Waals surface area contributed by atoms with Gasteiger partial charge in [-0.1, -0.05) is 19.1 Å². The van der Waals surface area contributed by atoms with Crippen LogP contribution in [0.2, 0.25) is 0 Å². The van der Waals surface area contributed by atoms with Crippen molar-refractivity contribution in [2.45, 2.75) is 38.4 Å². The van der Waals surface area contributed by atoms with E-state index in [1.54, 1.807) is 6.07 Å². The lowest BCUT2D eigenvalue weighted by Gasteiger charge is -2.30. The van der Waals surface area contributed by atoms with Crippen LogP contribution in [0.4, 0.5) is 4.39 Å². The van der Waals surface area contributed by atoms with E-state index in [9.17, 15) is 9.18 Å². The number of carbonyl (C=O) groups is 1. The molecule has 0 unspecified atom stereocenters. The maximum atomic E-state index is 12.6. The standard InChI is InChI=1S/C13H16FNO/c1-2-9-4-3-5-10(6-9)13(16)15-12-7-11(14)8-12/h3-6,11-12H,2,7-8H2,1H3,(H,15,16). The number of hydrogen-bond acceptors (Lipinski definition) is 1. The van der Waals surface area contributed by atoms with E-state index < -0.39 is 6.17 Å². The second-order valence-corrected chi connectivity index (χ2v) is 4.29. The average molecular weight is 221 g/mol. The fourth-order valence-corrected chi connectivity index (χ4v) is 1.87. The minimum absolute atomic E-state index is 0.0211. The van der Waals surface area contributed by atoms with Crippen molar-refractivity contribution in [1.29, 1.82) is 0 Å². The molecule has 0 heterocycles. The summed E-state index contributed by atoms with van der Waals surface area (Å²) in [6.45, 7) is 2.05. The molecule has 0 aliphatic heterocycles. The van der Waals surface area contributed by atoms with Crippen LogP contribution < -0.4 is 5.32 Å². The van der Waals surface area contributed by atoms with Crippen molar-refractivity contribution in [3.05, 3.63) is 35.4 Å². The smallest absolute Gasteiger partial charge is 0.251 e. The highest BCUT2D eigenvalue weighted by molar-refractivity contribution is 5.94. The first-order chi connectivity index (χ1) is 7.69. The maximum absolute atomic E-state index is 12.6. The van der Waals surface area contributed by atoms with Crippen molar-refractivity contribution >= 4 is 5.91 Å². The molecule has 1 amide bonds.